The van der Waals surface area contributed by atoms with Crippen LogP contribution in [-0.4, -0.2) is 37.8 Å². The maximum absolute atomic E-state index is 9.40. The van der Waals surface area contributed by atoms with Crippen LogP contribution in [-0.2, 0) is 0 Å². The maximum atomic E-state index is 9.40. The first-order valence-corrected chi connectivity index (χ1v) is 10.4. The van der Waals surface area contributed by atoms with Gasteiger partial charge in [0.1, 0.15) is 0 Å². The second kappa shape index (κ2) is 8.35. The lowest BCUT2D eigenvalue weighted by atomic mass is 9.96. The number of aromatic nitrogens is 2. The quantitative estimate of drug-likeness (QED) is 0.609. The summed E-state index contributed by atoms with van der Waals surface area (Å²) in [5.74, 6) is 0. The van der Waals surface area contributed by atoms with Crippen LogP contribution in [0.15, 0.2) is 60.8 Å². The van der Waals surface area contributed by atoms with E-state index in [0.717, 1.165) is 11.4 Å². The van der Waals surface area contributed by atoms with Gasteiger partial charge in [0.2, 0.25) is 0 Å². The minimum Gasteiger partial charge on any atom is -0.396 e. The average Bonchev–Trinajstić information content (AvgIpc) is 3.23. The molecule has 29 heavy (non-hydrogen) atoms. The Labute approximate surface area is 177 Å². The summed E-state index contributed by atoms with van der Waals surface area (Å²) in [5.41, 5.74) is 5.73. The number of pyridine rings is 1. The third kappa shape index (κ3) is 3.66. The predicted octanol–water partition coefficient (Wildman–Crippen LogP) is 3.84. The minimum atomic E-state index is -0.0351. The van der Waals surface area contributed by atoms with Crippen molar-refractivity contribution >= 4 is 17.3 Å². The van der Waals surface area contributed by atoms with Crippen LogP contribution in [0.25, 0.3) is 5.69 Å². The minimum absolute atomic E-state index is 0.0209. The summed E-state index contributed by atoms with van der Waals surface area (Å²) in [7, 11) is 0. The first-order chi connectivity index (χ1) is 14.1. The van der Waals surface area contributed by atoms with Crippen molar-refractivity contribution in [2.75, 3.05) is 13.2 Å². The molecule has 4 rings (SSSR count). The number of aliphatic hydroxyl groups is 1. The largest absolute Gasteiger partial charge is 0.396 e. The lowest BCUT2D eigenvalue weighted by Gasteiger charge is -2.28. The highest BCUT2D eigenvalue weighted by Gasteiger charge is 2.41. The summed E-state index contributed by atoms with van der Waals surface area (Å²) in [6.07, 6.45) is 2.49. The third-order valence-electron chi connectivity index (χ3n) is 5.56. The molecule has 0 amide bonds. The zero-order valence-electron chi connectivity index (χ0n) is 16.7. The fraction of sp³-hybridized carbons (Fsp3) is 0.304. The zero-order chi connectivity index (χ0) is 20.4. The van der Waals surface area contributed by atoms with Gasteiger partial charge in [-0.05, 0) is 68.4 Å². The van der Waals surface area contributed by atoms with E-state index in [9.17, 15) is 5.11 Å². The molecule has 1 aromatic carbocycles. The van der Waals surface area contributed by atoms with Gasteiger partial charge in [0.25, 0.3) is 0 Å². The molecule has 150 valence electrons. The van der Waals surface area contributed by atoms with Gasteiger partial charge in [0.05, 0.1) is 17.8 Å². The van der Waals surface area contributed by atoms with Gasteiger partial charge in [0.15, 0.2) is 5.11 Å². The van der Waals surface area contributed by atoms with E-state index in [4.69, 9.17) is 12.2 Å². The monoisotopic (exact) mass is 406 g/mol. The molecule has 2 atom stereocenters. The van der Waals surface area contributed by atoms with Crippen LogP contribution < -0.4 is 5.32 Å². The van der Waals surface area contributed by atoms with Crippen LogP contribution in [0.5, 0.6) is 0 Å². The van der Waals surface area contributed by atoms with Crippen LogP contribution in [0.1, 0.15) is 41.1 Å². The molecule has 0 bridgehead atoms. The first-order valence-electron chi connectivity index (χ1n) is 9.95. The van der Waals surface area contributed by atoms with Crippen LogP contribution in [0, 0.1) is 13.8 Å². The van der Waals surface area contributed by atoms with Crippen LogP contribution in [0.2, 0.25) is 0 Å². The van der Waals surface area contributed by atoms with E-state index >= 15 is 0 Å². The van der Waals surface area contributed by atoms with E-state index in [0.29, 0.717) is 18.1 Å². The van der Waals surface area contributed by atoms with Crippen molar-refractivity contribution in [1.29, 1.82) is 0 Å². The number of rotatable bonds is 6. The number of thiocarbonyl (C=S) groups is 1. The predicted molar refractivity (Wildman–Crippen MR) is 119 cm³/mol. The highest BCUT2D eigenvalue weighted by atomic mass is 32.1. The van der Waals surface area contributed by atoms with Gasteiger partial charge in [-0.2, -0.15) is 0 Å². The van der Waals surface area contributed by atoms with Gasteiger partial charge in [-0.15, -0.1) is 0 Å². The van der Waals surface area contributed by atoms with Crippen molar-refractivity contribution in [3.63, 3.8) is 0 Å². The van der Waals surface area contributed by atoms with E-state index < -0.39 is 0 Å². The topological polar surface area (TPSA) is 53.3 Å². The molecular weight excluding hydrogens is 380 g/mol. The molecular formula is C23H26N4OS. The number of benzene rings is 1. The fourth-order valence-corrected chi connectivity index (χ4v) is 4.62. The number of aliphatic hydroxyl groups excluding tert-OH is 1. The highest BCUT2D eigenvalue weighted by Crippen LogP contribution is 2.41. The van der Waals surface area contributed by atoms with Gasteiger partial charge in [-0.3, -0.25) is 4.98 Å². The van der Waals surface area contributed by atoms with E-state index in [1.165, 1.54) is 17.0 Å². The smallest absolute Gasteiger partial charge is 0.170 e. The number of para-hydroxylation sites is 1. The Morgan fingerprint density at radius 1 is 1.10 bits per heavy atom. The highest BCUT2D eigenvalue weighted by molar-refractivity contribution is 7.80. The first kappa shape index (κ1) is 19.6. The molecule has 6 heteroatoms. The van der Waals surface area contributed by atoms with Crippen molar-refractivity contribution in [2.45, 2.75) is 32.4 Å². The normalized spacial score (nSPS) is 18.9. The van der Waals surface area contributed by atoms with Crippen molar-refractivity contribution < 1.29 is 5.11 Å². The van der Waals surface area contributed by atoms with Gasteiger partial charge < -0.3 is 19.9 Å². The van der Waals surface area contributed by atoms with Gasteiger partial charge in [-0.25, -0.2) is 0 Å². The number of nitrogens with zero attached hydrogens (tertiary/aromatic N) is 3. The zero-order valence-corrected chi connectivity index (χ0v) is 17.6. The lowest BCUT2D eigenvalue weighted by Crippen LogP contribution is -2.31. The third-order valence-corrected chi connectivity index (χ3v) is 5.91. The van der Waals surface area contributed by atoms with Crippen molar-refractivity contribution in [2.24, 2.45) is 0 Å². The maximum Gasteiger partial charge on any atom is 0.170 e. The summed E-state index contributed by atoms with van der Waals surface area (Å²) in [4.78, 5) is 6.79. The molecule has 0 radical (unpaired) electrons. The molecule has 5 nitrogen and oxygen atoms in total. The standard InChI is InChI=1S/C23H26N4OS/c1-16-15-19(17(2)27(16)18-9-4-3-5-10-18)22-21(20-11-6-7-12-24-20)25-23(29)26(22)13-8-14-28/h3-7,9-12,15,21-22,28H,8,13-14H2,1-2H3,(H,25,29)/t21-,22+/m0/s1. The molecule has 3 aromatic rings. The molecule has 1 aliphatic rings. The molecule has 0 unspecified atom stereocenters. The van der Waals surface area contributed by atoms with Crippen LogP contribution in [0.3, 0.4) is 0 Å². The average molecular weight is 407 g/mol. The molecule has 1 aliphatic heterocycles. The number of aryl methyl sites for hydroxylation is 1. The molecule has 3 heterocycles. The fourth-order valence-electron chi connectivity index (χ4n) is 4.29. The summed E-state index contributed by atoms with van der Waals surface area (Å²) in [6, 6.07) is 18.6. The Balaban J connectivity index is 1.81. The van der Waals surface area contributed by atoms with E-state index in [1.54, 1.807) is 0 Å². The molecule has 1 saturated heterocycles. The number of hydrogen-bond acceptors (Lipinski definition) is 3. The second-order valence-electron chi connectivity index (χ2n) is 7.39. The van der Waals surface area contributed by atoms with Crippen molar-refractivity contribution in [1.82, 2.24) is 19.8 Å². The Morgan fingerprint density at radius 3 is 2.55 bits per heavy atom. The Bertz CT molecular complexity index is 987. The molecule has 2 N–H and O–H groups in total. The SMILES string of the molecule is Cc1cc([C@@H]2[C@H](c3ccccn3)NC(=S)N2CCCO)c(C)n1-c1ccccc1. The molecule has 0 aliphatic carbocycles. The van der Waals surface area contributed by atoms with E-state index in [2.05, 4.69) is 63.9 Å². The molecule has 0 spiro atoms. The van der Waals surface area contributed by atoms with Gasteiger partial charge in [0, 0.05) is 36.4 Å². The number of hydrogen-bond donors (Lipinski definition) is 2. The summed E-state index contributed by atoms with van der Waals surface area (Å²) >= 11 is 5.68. The van der Waals surface area contributed by atoms with Gasteiger partial charge >= 0.3 is 0 Å². The van der Waals surface area contributed by atoms with Gasteiger partial charge in [-0.1, -0.05) is 24.3 Å². The Kier molecular flexibility index (Phi) is 5.65. The summed E-state index contributed by atoms with van der Waals surface area (Å²) in [6.45, 7) is 5.14. The Morgan fingerprint density at radius 2 is 1.86 bits per heavy atom. The van der Waals surface area contributed by atoms with Crippen LogP contribution >= 0.6 is 12.2 Å². The summed E-state index contributed by atoms with van der Waals surface area (Å²) < 4.78 is 2.29. The van der Waals surface area contributed by atoms with Crippen molar-refractivity contribution in [3.8, 4) is 5.69 Å². The van der Waals surface area contributed by atoms with E-state index in [1.807, 2.05) is 30.5 Å². The Hall–Kier alpha value is -2.70. The van der Waals surface area contributed by atoms with E-state index in [-0.39, 0.29) is 18.7 Å². The second-order valence-corrected chi connectivity index (χ2v) is 7.78. The van der Waals surface area contributed by atoms with Crippen LogP contribution in [0.4, 0.5) is 0 Å². The molecule has 0 saturated carbocycles. The number of nitrogens with one attached hydrogen (secondary N) is 1. The lowest BCUT2D eigenvalue weighted by molar-refractivity contribution is 0.247. The van der Waals surface area contributed by atoms with Crippen molar-refractivity contribution in [3.05, 3.63) is 83.4 Å². The molecule has 1 fully saturated rings. The molecule has 2 aromatic heterocycles. The summed E-state index contributed by atoms with van der Waals surface area (Å²) in [5, 5.41) is 13.6.